The van der Waals surface area contributed by atoms with Crippen LogP contribution in [0.3, 0.4) is 0 Å². The van der Waals surface area contributed by atoms with Gasteiger partial charge in [0.25, 0.3) is 5.91 Å². The summed E-state index contributed by atoms with van der Waals surface area (Å²) in [5.74, 6) is -0.974. The minimum atomic E-state index is -0.905. The van der Waals surface area contributed by atoms with Crippen molar-refractivity contribution >= 4 is 34.5 Å². The molecule has 5 nitrogen and oxygen atoms in total. The number of fused-ring (bicyclic) bond motifs is 1. The molecule has 0 aliphatic heterocycles. The van der Waals surface area contributed by atoms with Crippen LogP contribution in [0.15, 0.2) is 72.9 Å². The molecule has 1 heterocycles. The van der Waals surface area contributed by atoms with Crippen LogP contribution in [0.25, 0.3) is 17.0 Å². The lowest BCUT2D eigenvalue weighted by Crippen LogP contribution is -2.29. The molecule has 5 heteroatoms. The van der Waals surface area contributed by atoms with Gasteiger partial charge in [-0.1, -0.05) is 42.5 Å². The molecule has 0 aliphatic carbocycles. The fraction of sp³-hybridized carbons (Fsp3) is 0.0952. The molecule has 0 spiro atoms. The lowest BCUT2D eigenvalue weighted by Gasteiger charge is -2.12. The summed E-state index contributed by atoms with van der Waals surface area (Å²) in [7, 11) is 0. The Bertz CT molecular complexity index is 946. The Kier molecular flexibility index (Phi) is 5.39. The first-order valence-corrected chi connectivity index (χ1v) is 8.22. The van der Waals surface area contributed by atoms with Crippen molar-refractivity contribution in [3.8, 4) is 0 Å². The average Bonchev–Trinajstić information content (AvgIpc) is 2.67. The Morgan fingerprint density at radius 1 is 1.04 bits per heavy atom. The van der Waals surface area contributed by atoms with Gasteiger partial charge in [0, 0.05) is 28.9 Å². The van der Waals surface area contributed by atoms with Gasteiger partial charge in [0.05, 0.1) is 5.52 Å². The van der Waals surface area contributed by atoms with E-state index in [1.807, 2.05) is 48.5 Å². The number of pyridine rings is 1. The highest BCUT2D eigenvalue weighted by Crippen LogP contribution is 2.17. The van der Waals surface area contributed by atoms with Crippen molar-refractivity contribution in [2.45, 2.75) is 13.0 Å². The highest BCUT2D eigenvalue weighted by Gasteiger charge is 2.16. The summed E-state index contributed by atoms with van der Waals surface area (Å²) in [6.07, 6.45) is 3.74. The van der Waals surface area contributed by atoms with E-state index in [1.165, 1.54) is 13.0 Å². The molecule has 1 N–H and O–H groups in total. The monoisotopic (exact) mass is 346 g/mol. The average molecular weight is 346 g/mol. The third-order valence-corrected chi connectivity index (χ3v) is 3.77. The lowest BCUT2D eigenvalue weighted by molar-refractivity contribution is -0.148. The topological polar surface area (TPSA) is 68.3 Å². The van der Waals surface area contributed by atoms with E-state index in [9.17, 15) is 9.59 Å². The third kappa shape index (κ3) is 4.33. The Balaban J connectivity index is 1.62. The molecule has 0 fully saturated rings. The van der Waals surface area contributed by atoms with E-state index in [0.29, 0.717) is 5.69 Å². The summed E-state index contributed by atoms with van der Waals surface area (Å²) in [6.45, 7) is 1.53. The van der Waals surface area contributed by atoms with Crippen LogP contribution >= 0.6 is 0 Å². The third-order valence-electron chi connectivity index (χ3n) is 3.77. The molecule has 3 aromatic rings. The number of carbonyl (C=O) groups excluding carboxylic acids is 2. The zero-order valence-corrected chi connectivity index (χ0v) is 14.3. The van der Waals surface area contributed by atoms with E-state index in [4.69, 9.17) is 4.74 Å². The van der Waals surface area contributed by atoms with E-state index >= 15 is 0 Å². The second-order valence-corrected chi connectivity index (χ2v) is 5.69. The highest BCUT2D eigenvalue weighted by molar-refractivity contribution is 5.97. The smallest absolute Gasteiger partial charge is 0.331 e. The van der Waals surface area contributed by atoms with Crippen molar-refractivity contribution in [1.29, 1.82) is 0 Å². The standard InChI is InChI=1S/C21H18N2O3/c1-15(21(25)23-18-10-3-2-4-11-18)26-19(24)13-12-17-8-5-7-16-9-6-14-22-20(16)17/h2-15H,1H3,(H,23,25)/b13-12+/t15-/m0/s1. The fourth-order valence-corrected chi connectivity index (χ4v) is 2.45. The van der Waals surface area contributed by atoms with Crippen LogP contribution in [0.4, 0.5) is 5.69 Å². The number of nitrogens with one attached hydrogen (secondary N) is 1. The van der Waals surface area contributed by atoms with E-state index in [2.05, 4.69) is 10.3 Å². The van der Waals surface area contributed by atoms with Crippen molar-refractivity contribution in [3.63, 3.8) is 0 Å². The molecule has 0 radical (unpaired) electrons. The van der Waals surface area contributed by atoms with Crippen LogP contribution in [-0.4, -0.2) is 23.0 Å². The fourth-order valence-electron chi connectivity index (χ4n) is 2.45. The van der Waals surface area contributed by atoms with Gasteiger partial charge < -0.3 is 10.1 Å². The number of hydrogen-bond acceptors (Lipinski definition) is 4. The van der Waals surface area contributed by atoms with Crippen molar-refractivity contribution in [2.75, 3.05) is 5.32 Å². The van der Waals surface area contributed by atoms with Crippen LogP contribution in [0, 0.1) is 0 Å². The van der Waals surface area contributed by atoms with E-state index in [1.54, 1.807) is 24.4 Å². The predicted octanol–water partition coefficient (Wildman–Crippen LogP) is 3.82. The molecule has 1 aromatic heterocycles. The number of para-hydroxylation sites is 2. The van der Waals surface area contributed by atoms with E-state index in [0.717, 1.165) is 16.5 Å². The molecule has 0 unspecified atom stereocenters. The number of rotatable bonds is 5. The number of hydrogen-bond donors (Lipinski definition) is 1. The van der Waals surface area contributed by atoms with Gasteiger partial charge in [-0.05, 0) is 31.2 Å². The maximum Gasteiger partial charge on any atom is 0.331 e. The molecule has 1 atom stereocenters. The SMILES string of the molecule is C[C@H](OC(=O)/C=C/c1cccc2cccnc12)C(=O)Nc1ccccc1. The van der Waals surface area contributed by atoms with Gasteiger partial charge in [0.2, 0.25) is 0 Å². The molecule has 26 heavy (non-hydrogen) atoms. The number of amides is 1. The molecule has 1 amide bonds. The molecule has 0 bridgehead atoms. The summed E-state index contributed by atoms with van der Waals surface area (Å²) in [5, 5.41) is 3.68. The van der Waals surface area contributed by atoms with Crippen LogP contribution in [0.5, 0.6) is 0 Å². The van der Waals surface area contributed by atoms with Crippen LogP contribution in [0.2, 0.25) is 0 Å². The second kappa shape index (κ2) is 8.07. The molecule has 0 saturated carbocycles. The number of aromatic nitrogens is 1. The number of benzene rings is 2. The zero-order valence-electron chi connectivity index (χ0n) is 14.3. The molecular formula is C21H18N2O3. The minimum Gasteiger partial charge on any atom is -0.449 e. The number of esters is 1. The van der Waals surface area contributed by atoms with Crippen molar-refractivity contribution in [2.24, 2.45) is 0 Å². The number of ether oxygens (including phenoxy) is 1. The minimum absolute atomic E-state index is 0.384. The largest absolute Gasteiger partial charge is 0.449 e. The van der Waals surface area contributed by atoms with Gasteiger partial charge in [-0.25, -0.2) is 4.79 Å². The first-order valence-electron chi connectivity index (χ1n) is 8.22. The van der Waals surface area contributed by atoms with Crippen LogP contribution in [-0.2, 0) is 14.3 Å². The van der Waals surface area contributed by atoms with Gasteiger partial charge in [-0.3, -0.25) is 9.78 Å². The molecule has 3 rings (SSSR count). The number of nitrogens with zero attached hydrogens (tertiary/aromatic N) is 1. The second-order valence-electron chi connectivity index (χ2n) is 5.69. The van der Waals surface area contributed by atoms with Gasteiger partial charge in [0.1, 0.15) is 0 Å². The predicted molar refractivity (Wildman–Crippen MR) is 101 cm³/mol. The Morgan fingerprint density at radius 2 is 1.81 bits per heavy atom. The summed E-state index contributed by atoms with van der Waals surface area (Å²) >= 11 is 0. The lowest BCUT2D eigenvalue weighted by atomic mass is 10.1. The van der Waals surface area contributed by atoms with Crippen LogP contribution in [0.1, 0.15) is 12.5 Å². The highest BCUT2D eigenvalue weighted by atomic mass is 16.5. The van der Waals surface area contributed by atoms with E-state index < -0.39 is 12.1 Å². The number of carbonyl (C=O) groups is 2. The molecule has 0 saturated heterocycles. The molecular weight excluding hydrogens is 328 g/mol. The Labute approximate surface area is 151 Å². The summed E-state index contributed by atoms with van der Waals surface area (Å²) in [4.78, 5) is 28.4. The van der Waals surface area contributed by atoms with Gasteiger partial charge in [-0.15, -0.1) is 0 Å². The number of anilines is 1. The normalized spacial score (nSPS) is 12.0. The maximum atomic E-state index is 12.1. The van der Waals surface area contributed by atoms with E-state index in [-0.39, 0.29) is 5.91 Å². The van der Waals surface area contributed by atoms with Gasteiger partial charge in [-0.2, -0.15) is 0 Å². The Morgan fingerprint density at radius 3 is 2.62 bits per heavy atom. The quantitative estimate of drug-likeness (QED) is 0.563. The van der Waals surface area contributed by atoms with Crippen molar-refractivity contribution in [1.82, 2.24) is 4.98 Å². The van der Waals surface area contributed by atoms with Gasteiger partial charge in [0.15, 0.2) is 6.10 Å². The van der Waals surface area contributed by atoms with Crippen molar-refractivity contribution in [3.05, 3.63) is 78.5 Å². The van der Waals surface area contributed by atoms with Crippen LogP contribution < -0.4 is 5.32 Å². The molecule has 130 valence electrons. The summed E-state index contributed by atoms with van der Waals surface area (Å²) in [6, 6.07) is 18.5. The summed E-state index contributed by atoms with van der Waals surface area (Å²) in [5.41, 5.74) is 2.26. The first kappa shape index (κ1) is 17.4. The first-order chi connectivity index (χ1) is 12.6. The van der Waals surface area contributed by atoms with Gasteiger partial charge >= 0.3 is 5.97 Å². The molecule has 2 aromatic carbocycles. The Hall–Kier alpha value is -3.47. The molecule has 0 aliphatic rings. The maximum absolute atomic E-state index is 12.1. The van der Waals surface area contributed by atoms with Crippen molar-refractivity contribution < 1.29 is 14.3 Å². The zero-order chi connectivity index (χ0) is 18.4. The summed E-state index contributed by atoms with van der Waals surface area (Å²) < 4.78 is 5.16.